The number of hydrogen-bond acceptors (Lipinski definition) is 7. The van der Waals surface area contributed by atoms with Gasteiger partial charge in [0.25, 0.3) is 0 Å². The standard InChI is InChI=1S/C16H25O5P.C8H8O2/c1-4-20-22(18,21-5-2)13-7-6-12-19-16-10-8-15(9-11-16)14(3)17;1-6(9)7-2-4-8(10)5-3-7/h8-11H,4-7,12-13H2,1-3H3;2-5,10H,1H3. The van der Waals surface area contributed by atoms with E-state index in [2.05, 4.69) is 0 Å². The second-order valence-electron chi connectivity index (χ2n) is 6.91. The average molecular weight is 464 g/mol. The van der Waals surface area contributed by atoms with Gasteiger partial charge in [0, 0.05) is 11.1 Å². The molecule has 7 nitrogen and oxygen atoms in total. The predicted molar refractivity (Wildman–Crippen MR) is 125 cm³/mol. The Bertz CT molecular complexity index is 866. The van der Waals surface area contributed by atoms with Crippen molar-refractivity contribution in [1.29, 1.82) is 0 Å². The molecule has 0 aliphatic rings. The second-order valence-corrected chi connectivity index (χ2v) is 9.09. The summed E-state index contributed by atoms with van der Waals surface area (Å²) >= 11 is 0. The molecule has 2 aromatic carbocycles. The summed E-state index contributed by atoms with van der Waals surface area (Å²) < 4.78 is 28.3. The number of unbranched alkanes of at least 4 members (excludes halogenated alkanes) is 1. The Morgan fingerprint density at radius 2 is 1.28 bits per heavy atom. The Balaban J connectivity index is 0.000000425. The number of phenols is 1. The lowest BCUT2D eigenvalue weighted by molar-refractivity contribution is 0.100. The van der Waals surface area contributed by atoms with Crippen molar-refractivity contribution in [3.8, 4) is 11.5 Å². The first-order valence-corrected chi connectivity index (χ1v) is 12.4. The number of benzene rings is 2. The minimum Gasteiger partial charge on any atom is -0.508 e. The van der Waals surface area contributed by atoms with E-state index in [1.54, 1.807) is 50.2 Å². The van der Waals surface area contributed by atoms with Gasteiger partial charge in [-0.25, -0.2) is 0 Å². The summed E-state index contributed by atoms with van der Waals surface area (Å²) in [5.74, 6) is 0.960. The van der Waals surface area contributed by atoms with E-state index in [0.717, 1.165) is 12.2 Å². The molecule has 0 radical (unpaired) electrons. The number of rotatable bonds is 12. The number of ether oxygens (including phenoxy) is 1. The quantitative estimate of drug-likeness (QED) is 0.237. The summed E-state index contributed by atoms with van der Waals surface area (Å²) in [5, 5.41) is 8.83. The number of hydrogen-bond donors (Lipinski definition) is 1. The van der Waals surface area contributed by atoms with Gasteiger partial charge >= 0.3 is 7.60 Å². The number of carbonyl (C=O) groups excluding carboxylic acids is 2. The van der Waals surface area contributed by atoms with Crippen molar-refractivity contribution < 1.29 is 33.0 Å². The maximum atomic E-state index is 12.2. The van der Waals surface area contributed by atoms with Gasteiger partial charge in [-0.05, 0) is 89.1 Å². The highest BCUT2D eigenvalue weighted by Gasteiger charge is 2.22. The fraction of sp³-hybridized carbons (Fsp3) is 0.417. The van der Waals surface area contributed by atoms with Crippen LogP contribution in [0.4, 0.5) is 0 Å². The Hall–Kier alpha value is -2.47. The molecular formula is C24H33O7P. The molecule has 0 heterocycles. The molecule has 0 fully saturated rings. The Morgan fingerprint density at radius 1 is 0.812 bits per heavy atom. The molecule has 0 atom stereocenters. The maximum absolute atomic E-state index is 12.2. The van der Waals surface area contributed by atoms with E-state index in [1.165, 1.54) is 26.0 Å². The van der Waals surface area contributed by atoms with Crippen LogP contribution >= 0.6 is 7.60 Å². The van der Waals surface area contributed by atoms with E-state index in [1.807, 2.05) is 0 Å². The van der Waals surface area contributed by atoms with Gasteiger partial charge in [0.05, 0.1) is 26.0 Å². The zero-order valence-electron chi connectivity index (χ0n) is 19.2. The van der Waals surface area contributed by atoms with Gasteiger partial charge in [-0.15, -0.1) is 0 Å². The minimum absolute atomic E-state index is 0.0139. The Morgan fingerprint density at radius 3 is 1.72 bits per heavy atom. The van der Waals surface area contributed by atoms with E-state index in [-0.39, 0.29) is 17.3 Å². The number of phenolic OH excluding ortho intramolecular Hbond substituents is 1. The highest BCUT2D eigenvalue weighted by atomic mass is 31.2. The fourth-order valence-electron chi connectivity index (χ4n) is 2.64. The first-order chi connectivity index (χ1) is 15.2. The van der Waals surface area contributed by atoms with E-state index < -0.39 is 7.60 Å². The molecule has 0 aliphatic heterocycles. The predicted octanol–water partition coefficient (Wildman–Crippen LogP) is 5.91. The molecule has 0 saturated heterocycles. The summed E-state index contributed by atoms with van der Waals surface area (Å²) in [5.41, 5.74) is 1.29. The number of aromatic hydroxyl groups is 1. The van der Waals surface area contributed by atoms with E-state index in [9.17, 15) is 14.2 Å². The van der Waals surface area contributed by atoms with Gasteiger partial charge in [0.15, 0.2) is 11.6 Å². The van der Waals surface area contributed by atoms with Crippen LogP contribution in [0.15, 0.2) is 48.5 Å². The van der Waals surface area contributed by atoms with Crippen molar-refractivity contribution in [3.05, 3.63) is 59.7 Å². The van der Waals surface area contributed by atoms with E-state index in [0.29, 0.717) is 43.5 Å². The van der Waals surface area contributed by atoms with Gasteiger partial charge < -0.3 is 18.9 Å². The third-order valence-electron chi connectivity index (χ3n) is 4.28. The van der Waals surface area contributed by atoms with Crippen molar-refractivity contribution in [2.45, 2.75) is 40.5 Å². The van der Waals surface area contributed by atoms with Gasteiger partial charge in [0.2, 0.25) is 0 Å². The Labute approximate surface area is 190 Å². The number of Topliss-reactive ketones (excluding diaryl/α,β-unsaturated/α-hetero) is 2. The Kier molecular flexibility index (Phi) is 12.5. The zero-order valence-corrected chi connectivity index (χ0v) is 20.1. The van der Waals surface area contributed by atoms with Gasteiger partial charge in [-0.2, -0.15) is 0 Å². The third kappa shape index (κ3) is 10.7. The molecular weight excluding hydrogens is 431 g/mol. The van der Waals surface area contributed by atoms with Crippen molar-refractivity contribution in [2.24, 2.45) is 0 Å². The van der Waals surface area contributed by atoms with Crippen LogP contribution in [-0.4, -0.2) is 42.7 Å². The molecule has 0 aliphatic carbocycles. The second kappa shape index (κ2) is 14.6. The van der Waals surface area contributed by atoms with Crippen LogP contribution in [0.3, 0.4) is 0 Å². The van der Waals surface area contributed by atoms with Crippen molar-refractivity contribution in [2.75, 3.05) is 26.0 Å². The molecule has 0 saturated carbocycles. The fourth-order valence-corrected chi connectivity index (χ4v) is 4.37. The van der Waals surface area contributed by atoms with Crippen molar-refractivity contribution >= 4 is 19.2 Å². The molecule has 0 unspecified atom stereocenters. The van der Waals surface area contributed by atoms with Crippen molar-refractivity contribution in [3.63, 3.8) is 0 Å². The maximum Gasteiger partial charge on any atom is 0.330 e. The van der Waals surface area contributed by atoms with Crippen LogP contribution in [0, 0.1) is 0 Å². The summed E-state index contributed by atoms with van der Waals surface area (Å²) in [7, 11) is -2.94. The first kappa shape index (κ1) is 27.6. The smallest absolute Gasteiger partial charge is 0.330 e. The molecule has 0 bridgehead atoms. The molecule has 0 spiro atoms. The summed E-state index contributed by atoms with van der Waals surface area (Å²) in [6.07, 6.45) is 1.88. The normalized spacial score (nSPS) is 10.8. The number of carbonyl (C=O) groups is 2. The highest BCUT2D eigenvalue weighted by Crippen LogP contribution is 2.48. The lowest BCUT2D eigenvalue weighted by Gasteiger charge is -2.16. The molecule has 2 aromatic rings. The van der Waals surface area contributed by atoms with Crippen LogP contribution in [0.1, 0.15) is 61.3 Å². The molecule has 0 aromatic heterocycles. The molecule has 32 heavy (non-hydrogen) atoms. The van der Waals surface area contributed by atoms with E-state index >= 15 is 0 Å². The SMILES string of the molecule is CC(=O)c1ccc(O)cc1.CCOP(=O)(CCCCOc1ccc(C(C)=O)cc1)OCC. The topological polar surface area (TPSA) is 99.1 Å². The monoisotopic (exact) mass is 464 g/mol. The van der Waals surface area contributed by atoms with Gasteiger partial charge in [0.1, 0.15) is 11.5 Å². The zero-order chi connectivity index (χ0) is 24.0. The molecule has 8 heteroatoms. The molecule has 1 N–H and O–H groups in total. The average Bonchev–Trinajstić information content (AvgIpc) is 2.75. The summed E-state index contributed by atoms with van der Waals surface area (Å²) in [4.78, 5) is 21.8. The van der Waals surface area contributed by atoms with Crippen LogP contribution in [0.5, 0.6) is 11.5 Å². The van der Waals surface area contributed by atoms with E-state index in [4.69, 9.17) is 18.9 Å². The van der Waals surface area contributed by atoms with Crippen LogP contribution < -0.4 is 4.74 Å². The van der Waals surface area contributed by atoms with Crippen LogP contribution in [0.2, 0.25) is 0 Å². The lowest BCUT2D eigenvalue weighted by Crippen LogP contribution is -2.03. The van der Waals surface area contributed by atoms with Crippen LogP contribution in [0.25, 0.3) is 0 Å². The molecule has 176 valence electrons. The molecule has 2 rings (SSSR count). The van der Waals surface area contributed by atoms with Crippen LogP contribution in [-0.2, 0) is 13.6 Å². The number of ketones is 2. The summed E-state index contributed by atoms with van der Waals surface area (Å²) in [6.45, 7) is 7.93. The highest BCUT2D eigenvalue weighted by molar-refractivity contribution is 7.53. The van der Waals surface area contributed by atoms with Gasteiger partial charge in [-0.3, -0.25) is 14.2 Å². The van der Waals surface area contributed by atoms with Crippen molar-refractivity contribution in [1.82, 2.24) is 0 Å². The minimum atomic E-state index is -2.94. The largest absolute Gasteiger partial charge is 0.508 e. The first-order valence-electron chi connectivity index (χ1n) is 10.6. The third-order valence-corrected chi connectivity index (χ3v) is 6.45. The van der Waals surface area contributed by atoms with Gasteiger partial charge in [-0.1, -0.05) is 0 Å². The molecule has 0 amide bonds. The lowest BCUT2D eigenvalue weighted by atomic mass is 10.1. The summed E-state index contributed by atoms with van der Waals surface area (Å²) in [6, 6.07) is 13.2.